The van der Waals surface area contributed by atoms with Gasteiger partial charge in [0.25, 0.3) is 0 Å². The van der Waals surface area contributed by atoms with E-state index in [1.165, 1.54) is 49.0 Å². The second-order valence-corrected chi connectivity index (χ2v) is 13.9. The zero-order valence-electron chi connectivity index (χ0n) is 19.4. The number of aryl methyl sites for hydroxylation is 1. The standard InChI is InChI=1S/C31H30F2Si/c32-30-18-17-27(23-31(30)33)26-15-13-24(14-16-26)11-12-25-19-21-34(22-20-25,28-7-3-1-4-8-28)29-9-5-2-6-10-29/h1-10,13-18,23,25H,11-12,19-22H2. The quantitative estimate of drug-likeness (QED) is 0.262. The molecule has 0 aliphatic carbocycles. The third-order valence-electron chi connectivity index (χ3n) is 7.66. The van der Waals surface area contributed by atoms with Crippen LogP contribution in [-0.4, -0.2) is 8.07 Å². The molecule has 4 aromatic rings. The molecule has 5 rings (SSSR count). The molecule has 0 saturated carbocycles. The Morgan fingerprint density at radius 1 is 0.618 bits per heavy atom. The molecule has 4 aromatic carbocycles. The van der Waals surface area contributed by atoms with E-state index < -0.39 is 19.7 Å². The molecular weight excluding hydrogens is 438 g/mol. The molecule has 0 bridgehead atoms. The molecule has 0 unspecified atom stereocenters. The largest absolute Gasteiger partial charge is 0.204 e. The van der Waals surface area contributed by atoms with Crippen molar-refractivity contribution in [2.75, 3.05) is 0 Å². The predicted octanol–water partition coefficient (Wildman–Crippen LogP) is 7.24. The molecule has 0 aromatic heterocycles. The van der Waals surface area contributed by atoms with Gasteiger partial charge in [-0.1, -0.05) is 114 Å². The van der Waals surface area contributed by atoms with Crippen molar-refractivity contribution in [2.45, 2.75) is 37.8 Å². The normalized spacial score (nSPS) is 15.8. The first-order valence-electron chi connectivity index (χ1n) is 12.3. The Balaban J connectivity index is 1.23. The Morgan fingerprint density at radius 2 is 1.18 bits per heavy atom. The van der Waals surface area contributed by atoms with Crippen LogP contribution in [-0.2, 0) is 6.42 Å². The first kappa shape index (κ1) is 22.7. The van der Waals surface area contributed by atoms with Crippen LogP contribution in [0.2, 0.25) is 12.1 Å². The molecule has 1 aliphatic heterocycles. The van der Waals surface area contributed by atoms with Gasteiger partial charge in [0.15, 0.2) is 11.6 Å². The lowest BCUT2D eigenvalue weighted by atomic mass is 9.93. The van der Waals surface area contributed by atoms with Gasteiger partial charge in [0, 0.05) is 0 Å². The highest BCUT2D eigenvalue weighted by atomic mass is 28.3. The van der Waals surface area contributed by atoms with Crippen LogP contribution in [0.25, 0.3) is 11.1 Å². The van der Waals surface area contributed by atoms with Crippen molar-refractivity contribution in [3.05, 3.63) is 120 Å². The predicted molar refractivity (Wildman–Crippen MR) is 140 cm³/mol. The van der Waals surface area contributed by atoms with Gasteiger partial charge in [-0.3, -0.25) is 0 Å². The summed E-state index contributed by atoms with van der Waals surface area (Å²) in [7, 11) is -1.70. The minimum atomic E-state index is -1.70. The molecule has 172 valence electrons. The number of hydrogen-bond acceptors (Lipinski definition) is 0. The van der Waals surface area contributed by atoms with Crippen molar-refractivity contribution in [2.24, 2.45) is 5.92 Å². The Bertz CT molecular complexity index is 1170. The average molecular weight is 469 g/mol. The van der Waals surface area contributed by atoms with Crippen LogP contribution in [0.3, 0.4) is 0 Å². The van der Waals surface area contributed by atoms with Crippen LogP contribution in [0, 0.1) is 17.6 Å². The lowest BCUT2D eigenvalue weighted by Gasteiger charge is -2.39. The Hall–Kier alpha value is -3.04. The fourth-order valence-corrected chi connectivity index (χ4v) is 10.8. The topological polar surface area (TPSA) is 0 Å². The molecule has 0 atom stereocenters. The molecule has 0 radical (unpaired) electrons. The van der Waals surface area contributed by atoms with Gasteiger partial charge < -0.3 is 0 Å². The van der Waals surface area contributed by atoms with Gasteiger partial charge in [-0.15, -0.1) is 0 Å². The van der Waals surface area contributed by atoms with Crippen molar-refractivity contribution >= 4 is 18.4 Å². The van der Waals surface area contributed by atoms with E-state index in [1.807, 2.05) is 12.1 Å². The van der Waals surface area contributed by atoms with Crippen LogP contribution in [0.4, 0.5) is 8.78 Å². The van der Waals surface area contributed by atoms with Crippen LogP contribution >= 0.6 is 0 Å². The van der Waals surface area contributed by atoms with Crippen LogP contribution in [0.1, 0.15) is 24.8 Å². The molecular formula is C31H30F2Si. The highest BCUT2D eigenvalue weighted by Crippen LogP contribution is 2.35. The number of hydrogen-bond donors (Lipinski definition) is 0. The first-order chi connectivity index (χ1) is 16.6. The van der Waals surface area contributed by atoms with Gasteiger partial charge in [-0.05, 0) is 59.7 Å². The van der Waals surface area contributed by atoms with Crippen LogP contribution in [0.5, 0.6) is 0 Å². The molecule has 34 heavy (non-hydrogen) atoms. The lowest BCUT2D eigenvalue weighted by molar-refractivity contribution is 0.437. The van der Waals surface area contributed by atoms with E-state index >= 15 is 0 Å². The zero-order valence-corrected chi connectivity index (χ0v) is 20.4. The van der Waals surface area contributed by atoms with E-state index in [-0.39, 0.29) is 0 Å². The van der Waals surface area contributed by atoms with Gasteiger partial charge in [-0.2, -0.15) is 0 Å². The second-order valence-electron chi connectivity index (χ2n) is 9.62. The molecule has 0 N–H and O–H groups in total. The summed E-state index contributed by atoms with van der Waals surface area (Å²) in [6.45, 7) is 0. The molecule has 0 spiro atoms. The summed E-state index contributed by atoms with van der Waals surface area (Å²) in [5.41, 5.74) is 2.94. The van der Waals surface area contributed by atoms with Crippen molar-refractivity contribution in [1.82, 2.24) is 0 Å². The summed E-state index contributed by atoms with van der Waals surface area (Å²) in [6.07, 6.45) is 4.86. The highest BCUT2D eigenvalue weighted by Gasteiger charge is 2.40. The van der Waals surface area contributed by atoms with E-state index in [9.17, 15) is 8.78 Å². The monoisotopic (exact) mass is 468 g/mol. The Labute approximate surface area is 202 Å². The van der Waals surface area contributed by atoms with Gasteiger partial charge in [-0.25, -0.2) is 8.78 Å². The summed E-state index contributed by atoms with van der Waals surface area (Å²) in [6, 6.07) is 37.5. The number of rotatable bonds is 6. The molecule has 1 heterocycles. The molecule has 0 amide bonds. The smallest absolute Gasteiger partial charge is 0.159 e. The summed E-state index contributed by atoms with van der Waals surface area (Å²) >= 11 is 0. The summed E-state index contributed by atoms with van der Waals surface area (Å²) < 4.78 is 26.8. The highest BCUT2D eigenvalue weighted by molar-refractivity contribution is 7.02. The summed E-state index contributed by atoms with van der Waals surface area (Å²) in [5.74, 6) is -0.845. The SMILES string of the molecule is Fc1ccc(-c2ccc(CCC3CC[Si](c4ccccc4)(c4ccccc4)CC3)cc2)cc1F. The zero-order chi connectivity index (χ0) is 23.4. The molecule has 1 fully saturated rings. The Morgan fingerprint density at radius 3 is 1.74 bits per heavy atom. The van der Waals surface area contributed by atoms with E-state index in [2.05, 4.69) is 72.8 Å². The van der Waals surface area contributed by atoms with E-state index in [4.69, 9.17) is 0 Å². The lowest BCUT2D eigenvalue weighted by Crippen LogP contribution is -2.59. The van der Waals surface area contributed by atoms with Gasteiger partial charge in [0.05, 0.1) is 0 Å². The van der Waals surface area contributed by atoms with Gasteiger partial charge >= 0.3 is 0 Å². The molecule has 1 aliphatic rings. The number of benzene rings is 4. The third-order valence-corrected chi connectivity index (χ3v) is 12.8. The van der Waals surface area contributed by atoms with Crippen LogP contribution in [0.15, 0.2) is 103 Å². The van der Waals surface area contributed by atoms with E-state index in [0.717, 1.165) is 17.9 Å². The van der Waals surface area contributed by atoms with Gasteiger partial charge in [0.2, 0.25) is 0 Å². The molecule has 0 nitrogen and oxygen atoms in total. The van der Waals surface area contributed by atoms with Gasteiger partial charge in [0.1, 0.15) is 8.07 Å². The van der Waals surface area contributed by atoms with Crippen molar-refractivity contribution < 1.29 is 8.78 Å². The minimum Gasteiger partial charge on any atom is -0.204 e. The summed E-state index contributed by atoms with van der Waals surface area (Å²) in [5, 5.41) is 3.15. The van der Waals surface area contributed by atoms with Crippen molar-refractivity contribution in [3.63, 3.8) is 0 Å². The fourth-order valence-electron chi connectivity index (χ4n) is 5.63. The maximum absolute atomic E-state index is 13.6. The summed E-state index contributed by atoms with van der Waals surface area (Å²) in [4.78, 5) is 0. The minimum absolute atomic E-state index is 0.709. The third kappa shape index (κ3) is 4.76. The maximum Gasteiger partial charge on any atom is 0.159 e. The van der Waals surface area contributed by atoms with Crippen LogP contribution < -0.4 is 10.4 Å². The average Bonchev–Trinajstić information content (AvgIpc) is 2.91. The number of halogens is 2. The van der Waals surface area contributed by atoms with E-state index in [0.29, 0.717) is 5.56 Å². The first-order valence-corrected chi connectivity index (χ1v) is 14.7. The Kier molecular flexibility index (Phi) is 6.73. The second kappa shape index (κ2) is 10.1. The molecule has 3 heteroatoms. The van der Waals surface area contributed by atoms with Crippen molar-refractivity contribution in [3.8, 4) is 11.1 Å². The van der Waals surface area contributed by atoms with E-state index in [1.54, 1.807) is 16.4 Å². The fraction of sp³-hybridized carbons (Fsp3) is 0.226. The maximum atomic E-state index is 13.6. The van der Waals surface area contributed by atoms with Crippen molar-refractivity contribution in [1.29, 1.82) is 0 Å². The molecule has 1 saturated heterocycles.